The van der Waals surface area contributed by atoms with Crippen LogP contribution in [-0.2, 0) is 6.42 Å². The second-order valence-corrected chi connectivity index (χ2v) is 4.03. The Labute approximate surface area is 103 Å². The zero-order chi connectivity index (χ0) is 12.5. The molecule has 3 N–H and O–H groups in total. The van der Waals surface area contributed by atoms with Gasteiger partial charge in [0.1, 0.15) is 23.1 Å². The zero-order valence-electron chi connectivity index (χ0n) is 9.52. The highest BCUT2D eigenvalue weighted by Crippen LogP contribution is 2.18. The number of H-pyrrole nitrogens is 1. The fraction of sp³-hybridized carbons (Fsp3) is 0.0769. The first-order valence-electron chi connectivity index (χ1n) is 5.57. The number of nitrogens with two attached hydrogens (primary N) is 1. The van der Waals surface area contributed by atoms with Gasteiger partial charge in [-0.05, 0) is 17.7 Å². The van der Waals surface area contributed by atoms with Crippen molar-refractivity contribution in [2.75, 3.05) is 5.73 Å². The van der Waals surface area contributed by atoms with Gasteiger partial charge in [0.2, 0.25) is 0 Å². The maximum absolute atomic E-state index is 13.5. The molecule has 90 valence electrons. The summed E-state index contributed by atoms with van der Waals surface area (Å²) in [7, 11) is 0. The van der Waals surface area contributed by atoms with Crippen molar-refractivity contribution < 1.29 is 4.39 Å². The molecule has 0 radical (unpaired) electrons. The molecule has 3 aromatic rings. The van der Waals surface area contributed by atoms with Crippen molar-refractivity contribution in [3.05, 3.63) is 53.7 Å². The Morgan fingerprint density at radius 3 is 2.83 bits per heavy atom. The van der Waals surface area contributed by atoms with Crippen molar-refractivity contribution in [1.82, 2.24) is 15.0 Å². The first-order valence-corrected chi connectivity index (χ1v) is 5.57. The van der Waals surface area contributed by atoms with Crippen LogP contribution < -0.4 is 5.73 Å². The molecule has 5 heteroatoms. The molecule has 0 saturated heterocycles. The molecule has 0 unspecified atom stereocenters. The molecule has 18 heavy (non-hydrogen) atoms. The predicted octanol–water partition coefficient (Wildman–Crippen LogP) is 2.27. The van der Waals surface area contributed by atoms with Crippen LogP contribution in [0.4, 0.5) is 10.2 Å². The average molecular weight is 242 g/mol. The van der Waals surface area contributed by atoms with Gasteiger partial charge in [-0.3, -0.25) is 0 Å². The third-order valence-electron chi connectivity index (χ3n) is 2.80. The van der Waals surface area contributed by atoms with Gasteiger partial charge in [-0.15, -0.1) is 0 Å². The lowest BCUT2D eigenvalue weighted by Crippen LogP contribution is -2.02. The smallest absolute Gasteiger partial charge is 0.143 e. The predicted molar refractivity (Wildman–Crippen MR) is 67.5 cm³/mol. The summed E-state index contributed by atoms with van der Waals surface area (Å²) < 4.78 is 13.5. The molecule has 0 atom stereocenters. The van der Waals surface area contributed by atoms with E-state index in [4.69, 9.17) is 5.73 Å². The number of aromatic amines is 1. The largest absolute Gasteiger partial charge is 0.383 e. The van der Waals surface area contributed by atoms with Gasteiger partial charge in [0.05, 0.1) is 5.39 Å². The van der Waals surface area contributed by atoms with Gasteiger partial charge in [0.15, 0.2) is 0 Å². The minimum absolute atomic E-state index is 0.258. The number of aromatic nitrogens is 3. The summed E-state index contributed by atoms with van der Waals surface area (Å²) >= 11 is 0. The van der Waals surface area contributed by atoms with Crippen LogP contribution >= 0.6 is 0 Å². The molecular weight excluding hydrogens is 231 g/mol. The number of fused-ring (bicyclic) bond motifs is 1. The summed E-state index contributed by atoms with van der Waals surface area (Å²) in [6, 6.07) is 8.40. The van der Waals surface area contributed by atoms with Gasteiger partial charge in [0, 0.05) is 12.6 Å². The number of hydrogen-bond acceptors (Lipinski definition) is 3. The van der Waals surface area contributed by atoms with Crippen molar-refractivity contribution >= 4 is 16.9 Å². The highest BCUT2D eigenvalue weighted by atomic mass is 19.1. The van der Waals surface area contributed by atoms with Crippen LogP contribution in [0.5, 0.6) is 0 Å². The van der Waals surface area contributed by atoms with Crippen LogP contribution in [0.2, 0.25) is 0 Å². The number of nitrogens with zero attached hydrogens (tertiary/aromatic N) is 2. The normalized spacial score (nSPS) is 10.9. The van der Waals surface area contributed by atoms with Crippen molar-refractivity contribution in [3.8, 4) is 0 Å². The summed E-state index contributed by atoms with van der Waals surface area (Å²) in [6.45, 7) is 0. The summed E-state index contributed by atoms with van der Waals surface area (Å²) in [5.74, 6) is 0.659. The van der Waals surface area contributed by atoms with E-state index in [1.807, 2.05) is 6.07 Å². The van der Waals surface area contributed by atoms with E-state index >= 15 is 0 Å². The monoisotopic (exact) mass is 242 g/mol. The van der Waals surface area contributed by atoms with Gasteiger partial charge in [-0.25, -0.2) is 14.4 Å². The van der Waals surface area contributed by atoms with Crippen molar-refractivity contribution in [1.29, 1.82) is 0 Å². The van der Waals surface area contributed by atoms with E-state index in [1.54, 1.807) is 24.4 Å². The summed E-state index contributed by atoms with van der Waals surface area (Å²) in [4.78, 5) is 11.5. The van der Waals surface area contributed by atoms with Crippen molar-refractivity contribution in [2.24, 2.45) is 0 Å². The molecule has 0 amide bonds. The van der Waals surface area contributed by atoms with Crippen LogP contribution in [0.3, 0.4) is 0 Å². The highest BCUT2D eigenvalue weighted by molar-refractivity contribution is 5.85. The van der Waals surface area contributed by atoms with Crippen LogP contribution in [-0.4, -0.2) is 15.0 Å². The van der Waals surface area contributed by atoms with Crippen LogP contribution in [0.15, 0.2) is 36.5 Å². The first kappa shape index (κ1) is 10.7. The number of halogens is 1. The Kier molecular flexibility index (Phi) is 2.44. The molecule has 0 bridgehead atoms. The first-order chi connectivity index (χ1) is 8.74. The van der Waals surface area contributed by atoms with E-state index in [1.165, 1.54) is 6.07 Å². The Morgan fingerprint density at radius 1 is 1.17 bits per heavy atom. The van der Waals surface area contributed by atoms with Gasteiger partial charge in [0.25, 0.3) is 0 Å². The van der Waals surface area contributed by atoms with Gasteiger partial charge < -0.3 is 10.7 Å². The van der Waals surface area contributed by atoms with E-state index in [0.29, 0.717) is 29.3 Å². The van der Waals surface area contributed by atoms with E-state index in [0.717, 1.165) is 5.39 Å². The lowest BCUT2D eigenvalue weighted by Gasteiger charge is -2.03. The molecule has 3 rings (SSSR count). The Hall–Kier alpha value is -2.43. The van der Waals surface area contributed by atoms with Gasteiger partial charge in [-0.2, -0.15) is 0 Å². The quantitative estimate of drug-likeness (QED) is 0.724. The molecule has 2 heterocycles. The lowest BCUT2D eigenvalue weighted by atomic mass is 10.1. The number of rotatable bonds is 2. The Balaban J connectivity index is 2.02. The second-order valence-electron chi connectivity index (χ2n) is 4.03. The van der Waals surface area contributed by atoms with E-state index in [-0.39, 0.29) is 5.82 Å². The van der Waals surface area contributed by atoms with Gasteiger partial charge >= 0.3 is 0 Å². The number of hydrogen-bond donors (Lipinski definition) is 2. The minimum Gasteiger partial charge on any atom is -0.383 e. The standard InChI is InChI=1S/C13H11FN4/c14-10-4-2-1-3-8(10)7-11-17-12(15)9-5-6-16-13(9)18-11/h1-6H,7H2,(H3,15,16,17,18). The van der Waals surface area contributed by atoms with Gasteiger partial charge in [-0.1, -0.05) is 18.2 Å². The van der Waals surface area contributed by atoms with E-state index in [9.17, 15) is 4.39 Å². The summed E-state index contributed by atoms with van der Waals surface area (Å²) in [5, 5.41) is 0.785. The molecule has 0 aliphatic carbocycles. The summed E-state index contributed by atoms with van der Waals surface area (Å²) in [5.41, 5.74) is 7.06. The molecule has 0 aliphatic rings. The van der Waals surface area contributed by atoms with Crippen LogP contribution in [0, 0.1) is 5.82 Å². The number of nitrogen functional groups attached to an aromatic ring is 1. The second kappa shape index (κ2) is 4.10. The van der Waals surface area contributed by atoms with E-state index in [2.05, 4.69) is 15.0 Å². The zero-order valence-corrected chi connectivity index (χ0v) is 9.52. The summed E-state index contributed by atoms with van der Waals surface area (Å²) in [6.07, 6.45) is 2.08. The fourth-order valence-corrected chi connectivity index (χ4v) is 1.90. The average Bonchev–Trinajstić information content (AvgIpc) is 2.81. The molecule has 0 fully saturated rings. The molecule has 0 aliphatic heterocycles. The number of benzene rings is 1. The SMILES string of the molecule is Nc1nc(Cc2ccccc2F)nc2[nH]ccc12. The van der Waals surface area contributed by atoms with Crippen LogP contribution in [0.1, 0.15) is 11.4 Å². The molecule has 0 spiro atoms. The molecule has 4 nitrogen and oxygen atoms in total. The number of anilines is 1. The third-order valence-corrected chi connectivity index (χ3v) is 2.80. The lowest BCUT2D eigenvalue weighted by molar-refractivity contribution is 0.612. The molecule has 0 saturated carbocycles. The fourth-order valence-electron chi connectivity index (χ4n) is 1.90. The number of nitrogens with one attached hydrogen (secondary N) is 1. The molecule has 2 aromatic heterocycles. The third kappa shape index (κ3) is 1.79. The Bertz CT molecular complexity index is 705. The van der Waals surface area contributed by atoms with Crippen molar-refractivity contribution in [2.45, 2.75) is 6.42 Å². The topological polar surface area (TPSA) is 67.6 Å². The minimum atomic E-state index is -0.258. The Morgan fingerprint density at radius 2 is 2.00 bits per heavy atom. The van der Waals surface area contributed by atoms with Crippen molar-refractivity contribution in [3.63, 3.8) is 0 Å². The molecule has 1 aromatic carbocycles. The van der Waals surface area contributed by atoms with Crippen LogP contribution in [0.25, 0.3) is 11.0 Å². The maximum atomic E-state index is 13.5. The van der Waals surface area contributed by atoms with E-state index < -0.39 is 0 Å². The molecular formula is C13H11FN4. The maximum Gasteiger partial charge on any atom is 0.143 e. The highest BCUT2D eigenvalue weighted by Gasteiger charge is 2.08.